The number of likely N-dealkylation sites (N-methyl/N-ethyl adjacent to an activating group) is 1. The highest BCUT2D eigenvalue weighted by Crippen LogP contribution is 2.40. The molecule has 2 atom stereocenters. The van der Waals surface area contributed by atoms with Crippen LogP contribution in [0.25, 0.3) is 0 Å². The van der Waals surface area contributed by atoms with E-state index >= 15 is 0 Å². The Morgan fingerprint density at radius 2 is 1.65 bits per heavy atom. The summed E-state index contributed by atoms with van der Waals surface area (Å²) in [5.74, 6) is -0.0211. The minimum absolute atomic E-state index is 0.207. The van der Waals surface area contributed by atoms with E-state index in [4.69, 9.17) is 4.99 Å². The van der Waals surface area contributed by atoms with Gasteiger partial charge in [-0.05, 0) is 43.7 Å². The van der Waals surface area contributed by atoms with Crippen LogP contribution in [0, 0.1) is 5.82 Å². The van der Waals surface area contributed by atoms with E-state index in [0.29, 0.717) is 5.96 Å². The molecule has 0 aromatic heterocycles. The average molecular weight is 419 g/mol. The summed E-state index contributed by atoms with van der Waals surface area (Å²) in [5, 5.41) is 0. The topological polar surface area (TPSA) is 59.5 Å². The highest BCUT2D eigenvalue weighted by atomic mass is 19.1. The van der Waals surface area contributed by atoms with Crippen LogP contribution in [0.15, 0.2) is 71.0 Å². The predicted octanol–water partition coefficient (Wildman–Crippen LogP) is 3.36. The molecule has 2 aromatic carbocycles. The highest BCUT2D eigenvalue weighted by molar-refractivity contribution is 6.10. The smallest absolute Gasteiger partial charge is 0.302 e. The molecule has 0 saturated carbocycles. The van der Waals surface area contributed by atoms with Crippen LogP contribution in [0.3, 0.4) is 0 Å². The van der Waals surface area contributed by atoms with Crippen LogP contribution < -0.4 is 4.90 Å². The molecule has 2 aromatic rings. The van der Waals surface area contributed by atoms with Crippen molar-refractivity contribution < 1.29 is 14.0 Å². The number of hydrogen-bond donors (Lipinski definition) is 0. The summed E-state index contributed by atoms with van der Waals surface area (Å²) in [6.45, 7) is 4.08. The third-order valence-corrected chi connectivity index (χ3v) is 6.16. The molecule has 31 heavy (non-hydrogen) atoms. The summed E-state index contributed by atoms with van der Waals surface area (Å²) in [6.07, 6.45) is -0.618. The number of aliphatic imine (C=N–C) groups is 1. The Kier molecular flexibility index (Phi) is 4.32. The number of hydrogen-bond acceptors (Lipinski definition) is 5. The lowest BCUT2D eigenvalue weighted by Gasteiger charge is -2.40. The number of carbonyl (C=O) groups is 2. The second kappa shape index (κ2) is 6.94. The zero-order valence-corrected chi connectivity index (χ0v) is 17.5. The lowest BCUT2D eigenvalue weighted by atomic mass is 10.1. The van der Waals surface area contributed by atoms with E-state index in [9.17, 15) is 14.0 Å². The van der Waals surface area contributed by atoms with Gasteiger partial charge in [-0.2, -0.15) is 0 Å². The van der Waals surface area contributed by atoms with Gasteiger partial charge in [0.2, 0.25) is 5.96 Å². The number of allylic oxidation sites excluding steroid dienone is 2. The molecule has 3 amide bonds. The fourth-order valence-electron chi connectivity index (χ4n) is 4.42. The van der Waals surface area contributed by atoms with E-state index in [1.165, 1.54) is 21.9 Å². The predicted molar refractivity (Wildman–Crippen MR) is 114 cm³/mol. The van der Waals surface area contributed by atoms with Crippen molar-refractivity contribution in [3.8, 4) is 0 Å². The van der Waals surface area contributed by atoms with Gasteiger partial charge in [-0.3, -0.25) is 19.5 Å². The number of urea groups is 1. The summed E-state index contributed by atoms with van der Waals surface area (Å²) in [6, 6.07) is 14.6. The summed E-state index contributed by atoms with van der Waals surface area (Å²) in [7, 11) is 1.67. The number of amides is 3. The SMILES string of the molecule is CC1=C(C)N2C(=NC3C2C(=O)N(Cc2ccccc2)C(=O)N3C)N1c1ccc(F)cc1. The van der Waals surface area contributed by atoms with Gasteiger partial charge in [0, 0.05) is 24.1 Å². The minimum Gasteiger partial charge on any atom is -0.302 e. The third-order valence-electron chi connectivity index (χ3n) is 6.16. The van der Waals surface area contributed by atoms with Crippen LogP contribution in [0.5, 0.6) is 0 Å². The number of fused-ring (bicyclic) bond motifs is 3. The molecule has 3 aliphatic rings. The molecule has 158 valence electrons. The minimum atomic E-state index is -0.637. The van der Waals surface area contributed by atoms with Gasteiger partial charge in [-0.15, -0.1) is 0 Å². The van der Waals surface area contributed by atoms with E-state index in [1.54, 1.807) is 19.2 Å². The van der Waals surface area contributed by atoms with E-state index in [-0.39, 0.29) is 24.3 Å². The van der Waals surface area contributed by atoms with Gasteiger partial charge >= 0.3 is 6.03 Å². The average Bonchev–Trinajstić information content (AvgIpc) is 3.27. The fourth-order valence-corrected chi connectivity index (χ4v) is 4.42. The molecule has 5 rings (SSSR count). The number of nitrogens with zero attached hydrogens (tertiary/aromatic N) is 5. The first-order chi connectivity index (χ1) is 14.9. The van der Waals surface area contributed by atoms with Crippen molar-refractivity contribution in [3.63, 3.8) is 0 Å². The normalized spacial score (nSPS) is 22.9. The number of rotatable bonds is 3. The lowest BCUT2D eigenvalue weighted by Crippen LogP contribution is -2.64. The van der Waals surface area contributed by atoms with Crippen LogP contribution in [0.2, 0.25) is 0 Å². The quantitative estimate of drug-likeness (QED) is 0.766. The van der Waals surface area contributed by atoms with Gasteiger partial charge in [0.25, 0.3) is 5.91 Å². The second-order valence-corrected chi connectivity index (χ2v) is 7.94. The molecule has 0 spiro atoms. The van der Waals surface area contributed by atoms with Gasteiger partial charge < -0.3 is 4.90 Å². The van der Waals surface area contributed by atoms with Crippen LogP contribution in [0.1, 0.15) is 19.4 Å². The zero-order valence-electron chi connectivity index (χ0n) is 17.5. The summed E-state index contributed by atoms with van der Waals surface area (Å²) in [4.78, 5) is 37.9. The number of halogens is 1. The maximum absolute atomic E-state index is 13.5. The molecule has 2 unspecified atom stereocenters. The first-order valence-electron chi connectivity index (χ1n) is 10.1. The van der Waals surface area contributed by atoms with Crippen molar-refractivity contribution in [2.75, 3.05) is 11.9 Å². The lowest BCUT2D eigenvalue weighted by molar-refractivity contribution is -0.137. The maximum atomic E-state index is 13.5. The highest BCUT2D eigenvalue weighted by Gasteiger charge is 2.55. The number of imide groups is 1. The number of guanidine groups is 1. The van der Waals surface area contributed by atoms with Gasteiger partial charge in [0.05, 0.1) is 6.54 Å². The molecular weight excluding hydrogens is 397 g/mol. The molecule has 3 aliphatic heterocycles. The van der Waals surface area contributed by atoms with Crippen LogP contribution >= 0.6 is 0 Å². The number of benzene rings is 2. The van der Waals surface area contributed by atoms with Gasteiger partial charge in [0.1, 0.15) is 5.82 Å². The Morgan fingerprint density at radius 1 is 0.968 bits per heavy atom. The van der Waals surface area contributed by atoms with Crippen molar-refractivity contribution >= 4 is 23.6 Å². The molecule has 8 heteroatoms. The third kappa shape index (κ3) is 2.82. The van der Waals surface area contributed by atoms with E-state index in [1.807, 2.05) is 54.0 Å². The molecule has 0 radical (unpaired) electrons. The summed E-state index contributed by atoms with van der Waals surface area (Å²) in [5.41, 5.74) is 3.42. The second-order valence-electron chi connectivity index (χ2n) is 7.94. The van der Waals surface area contributed by atoms with Gasteiger partial charge in [-0.1, -0.05) is 30.3 Å². The van der Waals surface area contributed by atoms with Crippen molar-refractivity contribution in [1.82, 2.24) is 14.7 Å². The monoisotopic (exact) mass is 419 g/mol. The largest absolute Gasteiger partial charge is 0.328 e. The fraction of sp³-hybridized carbons (Fsp3) is 0.261. The Hall–Kier alpha value is -3.68. The van der Waals surface area contributed by atoms with E-state index in [2.05, 4.69) is 0 Å². The van der Waals surface area contributed by atoms with Crippen LogP contribution in [0.4, 0.5) is 14.9 Å². The van der Waals surface area contributed by atoms with Crippen molar-refractivity contribution in [2.45, 2.75) is 32.6 Å². The number of carbonyl (C=O) groups excluding carboxylic acids is 2. The number of anilines is 1. The van der Waals surface area contributed by atoms with Gasteiger partial charge in [0.15, 0.2) is 12.2 Å². The Morgan fingerprint density at radius 3 is 2.32 bits per heavy atom. The Balaban J connectivity index is 1.52. The van der Waals surface area contributed by atoms with Crippen LogP contribution in [-0.4, -0.2) is 51.9 Å². The zero-order chi connectivity index (χ0) is 21.9. The first kappa shape index (κ1) is 19.3. The standard InChI is InChI=1S/C23H22FN5O2/c1-14-15(2)29-19-20(25-22(29)28(14)18-11-9-17(24)10-12-18)26(3)23(31)27(21(19)30)13-16-7-5-4-6-8-16/h4-12,19-20H,13H2,1-3H3. The molecular formula is C23H22FN5O2. The Labute approximate surface area is 179 Å². The van der Waals surface area contributed by atoms with E-state index in [0.717, 1.165) is 22.6 Å². The molecule has 1 fully saturated rings. The molecule has 0 bridgehead atoms. The van der Waals surface area contributed by atoms with E-state index < -0.39 is 12.2 Å². The Bertz CT molecular complexity index is 1130. The first-order valence-corrected chi connectivity index (χ1v) is 10.1. The molecule has 0 aliphatic carbocycles. The van der Waals surface area contributed by atoms with Crippen molar-refractivity contribution in [3.05, 3.63) is 77.4 Å². The van der Waals surface area contributed by atoms with Gasteiger partial charge in [-0.25, -0.2) is 14.2 Å². The summed E-state index contributed by atoms with van der Waals surface area (Å²) < 4.78 is 13.5. The van der Waals surface area contributed by atoms with Crippen LogP contribution in [-0.2, 0) is 11.3 Å². The maximum Gasteiger partial charge on any atom is 0.328 e. The van der Waals surface area contributed by atoms with Crippen molar-refractivity contribution in [2.24, 2.45) is 4.99 Å². The summed E-state index contributed by atoms with van der Waals surface area (Å²) >= 11 is 0. The van der Waals surface area contributed by atoms with Crippen molar-refractivity contribution in [1.29, 1.82) is 0 Å². The molecule has 1 saturated heterocycles. The molecule has 0 N–H and O–H groups in total. The molecule has 7 nitrogen and oxygen atoms in total. The molecule has 3 heterocycles.